The van der Waals surface area contributed by atoms with Crippen LogP contribution < -0.4 is 0 Å². The average Bonchev–Trinajstić information content (AvgIpc) is 3.38. The van der Waals surface area contributed by atoms with Crippen LogP contribution in [0.15, 0.2) is 94.2 Å². The summed E-state index contributed by atoms with van der Waals surface area (Å²) in [5, 5.41) is 0. The molecule has 0 unspecified atom stereocenters. The molecule has 0 heterocycles. The summed E-state index contributed by atoms with van der Waals surface area (Å²) in [5.41, 5.74) is 9.89. The van der Waals surface area contributed by atoms with Crippen LogP contribution in [0, 0.1) is 34.5 Å². The van der Waals surface area contributed by atoms with Gasteiger partial charge < -0.3 is 4.74 Å². The average molecular weight is 667 g/mol. The summed E-state index contributed by atoms with van der Waals surface area (Å²) in [4.78, 5) is 12.9. The number of rotatable bonds is 12. The number of ether oxygens (including phenoxy) is 1. The van der Waals surface area contributed by atoms with Gasteiger partial charge in [-0.3, -0.25) is 0 Å². The fraction of sp³-hybridized carbons (Fsp3) is 0.638. The van der Waals surface area contributed by atoms with E-state index in [-0.39, 0.29) is 17.5 Å². The summed E-state index contributed by atoms with van der Waals surface area (Å²) in [6, 6.07) is 0. The van der Waals surface area contributed by atoms with Gasteiger partial charge in [-0.1, -0.05) is 132 Å². The summed E-state index contributed by atoms with van der Waals surface area (Å²) < 4.78 is 5.98. The first-order valence-corrected chi connectivity index (χ1v) is 19.9. The lowest BCUT2D eigenvalue weighted by Crippen LogP contribution is -2.36. The fourth-order valence-electron chi connectivity index (χ4n) is 9.81. The van der Waals surface area contributed by atoms with Crippen LogP contribution >= 0.6 is 0 Å². The second kappa shape index (κ2) is 17.5. The number of allylic oxidation sites excluding steroid dienone is 13. The zero-order valence-corrected chi connectivity index (χ0v) is 32.9. The van der Waals surface area contributed by atoms with Crippen molar-refractivity contribution in [3.63, 3.8) is 0 Å². The maximum atomic E-state index is 12.9. The molecule has 49 heavy (non-hydrogen) atoms. The van der Waals surface area contributed by atoms with E-state index < -0.39 is 0 Å². The van der Waals surface area contributed by atoms with E-state index >= 15 is 0 Å². The van der Waals surface area contributed by atoms with Crippen molar-refractivity contribution in [2.45, 2.75) is 158 Å². The lowest BCUT2D eigenvalue weighted by molar-refractivity contribution is -0.143. The summed E-state index contributed by atoms with van der Waals surface area (Å²) in [5.74, 6) is 2.93. The highest BCUT2D eigenvalue weighted by molar-refractivity contribution is 5.83. The monoisotopic (exact) mass is 667 g/mol. The summed E-state index contributed by atoms with van der Waals surface area (Å²) in [6.45, 7) is 25.3. The Labute approximate surface area is 301 Å². The Morgan fingerprint density at radius 3 is 2.43 bits per heavy atom. The molecule has 0 radical (unpaired) electrons. The molecule has 5 atom stereocenters. The number of fused-ring (bicyclic) bond motifs is 1. The Bertz CT molecular complexity index is 1400. The van der Waals surface area contributed by atoms with Gasteiger partial charge >= 0.3 is 5.97 Å². The van der Waals surface area contributed by atoms with Crippen LogP contribution in [0.2, 0.25) is 0 Å². The van der Waals surface area contributed by atoms with E-state index in [2.05, 4.69) is 92.3 Å². The topological polar surface area (TPSA) is 26.3 Å². The molecule has 3 fully saturated rings. The quantitative estimate of drug-likeness (QED) is 0.118. The number of esters is 1. The van der Waals surface area contributed by atoms with Gasteiger partial charge in [0.15, 0.2) is 0 Å². The van der Waals surface area contributed by atoms with Crippen LogP contribution in [0.3, 0.4) is 0 Å². The first-order valence-electron chi connectivity index (χ1n) is 19.9. The Balaban J connectivity index is 1.32. The lowest BCUT2D eigenvalue weighted by Gasteiger charge is -2.44. The molecular formula is C47H70O2. The molecule has 0 aromatic heterocycles. The van der Waals surface area contributed by atoms with Crippen LogP contribution in [0.5, 0.6) is 0 Å². The van der Waals surface area contributed by atoms with Gasteiger partial charge in [-0.15, -0.1) is 0 Å². The molecule has 4 aliphatic rings. The van der Waals surface area contributed by atoms with Gasteiger partial charge in [0, 0.05) is 12.5 Å². The van der Waals surface area contributed by atoms with Crippen molar-refractivity contribution in [1.29, 1.82) is 0 Å². The van der Waals surface area contributed by atoms with Crippen molar-refractivity contribution in [2.24, 2.45) is 34.5 Å². The minimum atomic E-state index is -0.248. The highest BCUT2D eigenvalue weighted by Crippen LogP contribution is 2.60. The molecule has 0 saturated heterocycles. The molecule has 0 aromatic rings. The maximum Gasteiger partial charge on any atom is 0.331 e. The first-order chi connectivity index (χ1) is 23.2. The highest BCUT2D eigenvalue weighted by Gasteiger charge is 2.50. The molecule has 0 amide bonds. The van der Waals surface area contributed by atoms with E-state index in [1.54, 1.807) is 11.6 Å². The minimum Gasteiger partial charge on any atom is -0.459 e. The van der Waals surface area contributed by atoms with E-state index in [0.717, 1.165) is 42.6 Å². The largest absolute Gasteiger partial charge is 0.459 e. The van der Waals surface area contributed by atoms with Gasteiger partial charge in [-0.2, -0.15) is 0 Å². The third-order valence-electron chi connectivity index (χ3n) is 12.7. The fourth-order valence-corrected chi connectivity index (χ4v) is 9.81. The SMILES string of the molecule is C=C1CC[C@H](OC(=O)C=C(C)C=CC=C(C)C=CC2=C(C)CCCC2(C)C)CC1=CC=C1CCC[C@@]2(C)[C@@H]1CC[C@@H]2[C@H](C)CCCC(C)C. The number of hydrogen-bond acceptors (Lipinski definition) is 2. The van der Waals surface area contributed by atoms with Gasteiger partial charge in [0.05, 0.1) is 0 Å². The second-order valence-electron chi connectivity index (χ2n) is 17.7. The van der Waals surface area contributed by atoms with E-state index in [1.165, 1.54) is 98.5 Å². The van der Waals surface area contributed by atoms with Crippen molar-refractivity contribution in [3.8, 4) is 0 Å². The second-order valence-corrected chi connectivity index (χ2v) is 17.7. The predicted molar refractivity (Wildman–Crippen MR) is 211 cm³/mol. The smallest absolute Gasteiger partial charge is 0.331 e. The standard InChI is InChI=1S/C47H70O2/c1-33(2)15-11-18-38(7)43-27-28-44-39(20-14-30-47(43,44)10)23-24-40-32-41(25-22-36(40)5)49-45(48)31-35(4)17-12-16-34(3)21-26-42-37(6)19-13-29-46(42,8)9/h12,16-17,21,23-24,26,31,33,38,41,43-44H,5,11,13-15,18-20,22,25,27-30,32H2,1-4,6-10H3/t38-,41+,43-,44-,47-/m1/s1. The number of carbonyl (C=O) groups excluding carboxylic acids is 1. The molecule has 4 rings (SSSR count). The van der Waals surface area contributed by atoms with Crippen LogP contribution in [-0.4, -0.2) is 12.1 Å². The highest BCUT2D eigenvalue weighted by atomic mass is 16.5. The molecule has 3 saturated carbocycles. The van der Waals surface area contributed by atoms with Crippen LogP contribution in [0.1, 0.15) is 152 Å². The molecule has 270 valence electrons. The predicted octanol–water partition coefficient (Wildman–Crippen LogP) is 13.7. The molecule has 2 nitrogen and oxygen atoms in total. The maximum absolute atomic E-state index is 12.9. The zero-order valence-electron chi connectivity index (χ0n) is 32.9. The number of hydrogen-bond donors (Lipinski definition) is 0. The van der Waals surface area contributed by atoms with Crippen molar-refractivity contribution in [3.05, 3.63) is 94.2 Å². The summed E-state index contributed by atoms with van der Waals surface area (Å²) in [7, 11) is 0. The van der Waals surface area contributed by atoms with Gasteiger partial charge in [0.2, 0.25) is 0 Å². The molecule has 0 spiro atoms. The van der Waals surface area contributed by atoms with Crippen LogP contribution in [-0.2, 0) is 9.53 Å². The van der Waals surface area contributed by atoms with Crippen LogP contribution in [0.4, 0.5) is 0 Å². The van der Waals surface area contributed by atoms with Gasteiger partial charge in [-0.05, 0) is 136 Å². The van der Waals surface area contributed by atoms with E-state index in [0.29, 0.717) is 11.3 Å². The molecular weight excluding hydrogens is 597 g/mol. The van der Waals surface area contributed by atoms with E-state index in [4.69, 9.17) is 4.74 Å². The zero-order chi connectivity index (χ0) is 35.8. The molecule has 0 aromatic carbocycles. The van der Waals surface area contributed by atoms with Crippen molar-refractivity contribution < 1.29 is 9.53 Å². The first kappa shape index (κ1) is 39.2. The lowest BCUT2D eigenvalue weighted by atomic mass is 9.60. The summed E-state index contributed by atoms with van der Waals surface area (Å²) in [6.07, 6.45) is 33.9. The Morgan fingerprint density at radius 1 is 0.939 bits per heavy atom. The van der Waals surface area contributed by atoms with Gasteiger partial charge in [-0.25, -0.2) is 4.79 Å². The number of carbonyl (C=O) groups is 1. The van der Waals surface area contributed by atoms with Crippen molar-refractivity contribution in [2.75, 3.05) is 0 Å². The molecule has 4 aliphatic carbocycles. The normalized spacial score (nSPS) is 30.7. The third kappa shape index (κ3) is 10.7. The Morgan fingerprint density at radius 2 is 1.69 bits per heavy atom. The van der Waals surface area contributed by atoms with Gasteiger partial charge in [0.1, 0.15) is 6.10 Å². The third-order valence-corrected chi connectivity index (χ3v) is 12.7. The molecule has 0 bridgehead atoms. The van der Waals surface area contributed by atoms with Crippen molar-refractivity contribution >= 4 is 5.97 Å². The van der Waals surface area contributed by atoms with Gasteiger partial charge in [0.25, 0.3) is 0 Å². The molecule has 0 N–H and O–H groups in total. The summed E-state index contributed by atoms with van der Waals surface area (Å²) >= 11 is 0. The van der Waals surface area contributed by atoms with Crippen molar-refractivity contribution in [1.82, 2.24) is 0 Å². The van der Waals surface area contributed by atoms with E-state index in [9.17, 15) is 4.79 Å². The van der Waals surface area contributed by atoms with Crippen LogP contribution in [0.25, 0.3) is 0 Å². The minimum absolute atomic E-state index is 0.0936. The molecule has 0 aliphatic heterocycles. The Hall–Kier alpha value is -2.61. The molecule has 2 heteroatoms. The van der Waals surface area contributed by atoms with E-state index in [1.807, 2.05) is 19.1 Å². The Kier molecular flexibility index (Phi) is 14.0.